The molecule has 0 aliphatic heterocycles. The van der Waals surface area contributed by atoms with Gasteiger partial charge >= 0.3 is 5.97 Å². The summed E-state index contributed by atoms with van der Waals surface area (Å²) in [7, 11) is 1.28. The molecule has 0 spiro atoms. The van der Waals surface area contributed by atoms with Crippen LogP contribution in [0.5, 0.6) is 0 Å². The van der Waals surface area contributed by atoms with Gasteiger partial charge in [-0.05, 0) is 12.1 Å². The van der Waals surface area contributed by atoms with Gasteiger partial charge in [0.15, 0.2) is 0 Å². The van der Waals surface area contributed by atoms with E-state index in [4.69, 9.17) is 0 Å². The fourth-order valence-corrected chi connectivity index (χ4v) is 1.16. The van der Waals surface area contributed by atoms with Crippen molar-refractivity contribution < 1.29 is 14.5 Å². The number of nitro groups is 1. The van der Waals surface area contributed by atoms with Crippen molar-refractivity contribution in [2.45, 2.75) is 0 Å². The van der Waals surface area contributed by atoms with E-state index in [0.717, 1.165) is 0 Å². The quantitative estimate of drug-likeness (QED) is 0.263. The molecule has 0 N–H and O–H groups in total. The summed E-state index contributed by atoms with van der Waals surface area (Å²) >= 11 is 0. The highest BCUT2D eigenvalue weighted by Gasteiger charge is 2.08. The normalized spacial score (nSPS) is 10.9. The predicted molar refractivity (Wildman–Crippen MR) is 63.3 cm³/mol. The molecule has 0 radical (unpaired) electrons. The number of benzene rings is 1. The Balaban J connectivity index is 2.81. The van der Waals surface area contributed by atoms with Crippen LogP contribution in [-0.2, 0) is 9.53 Å². The second-order valence-electron chi connectivity index (χ2n) is 3.06. The standard InChI is InChI=1S/C12H11NO4/c1-17-12(14)9-5-3-7-10-6-2-4-8-11(10)13(15)16/h2-9H,1H3/b7-3+,9-5+. The van der Waals surface area contributed by atoms with E-state index in [1.807, 2.05) is 0 Å². The number of para-hydroxylation sites is 1. The molecule has 0 aliphatic carbocycles. The molecule has 0 amide bonds. The zero-order chi connectivity index (χ0) is 12.7. The van der Waals surface area contributed by atoms with Gasteiger partial charge in [0.1, 0.15) is 0 Å². The number of nitro benzene ring substituents is 1. The van der Waals surface area contributed by atoms with Gasteiger partial charge in [-0.15, -0.1) is 0 Å². The van der Waals surface area contributed by atoms with Gasteiger partial charge in [0.25, 0.3) is 5.69 Å². The van der Waals surface area contributed by atoms with Crippen LogP contribution in [0.2, 0.25) is 0 Å². The van der Waals surface area contributed by atoms with Crippen molar-refractivity contribution in [2.24, 2.45) is 0 Å². The Hall–Kier alpha value is -2.43. The molecule has 0 fully saturated rings. The topological polar surface area (TPSA) is 69.4 Å². The Morgan fingerprint density at radius 2 is 2.06 bits per heavy atom. The fraction of sp³-hybridized carbons (Fsp3) is 0.0833. The Labute approximate surface area is 98.2 Å². The highest BCUT2D eigenvalue weighted by Crippen LogP contribution is 2.18. The van der Waals surface area contributed by atoms with Crippen LogP contribution >= 0.6 is 0 Å². The molecule has 0 bridgehead atoms. The number of methoxy groups -OCH3 is 1. The molecule has 0 saturated carbocycles. The van der Waals surface area contributed by atoms with E-state index in [1.165, 1.54) is 25.3 Å². The van der Waals surface area contributed by atoms with E-state index < -0.39 is 10.9 Å². The SMILES string of the molecule is COC(=O)/C=C/C=C/c1ccccc1[N+](=O)[O-]. The Morgan fingerprint density at radius 1 is 1.35 bits per heavy atom. The van der Waals surface area contributed by atoms with Crippen LogP contribution in [0, 0.1) is 10.1 Å². The number of hydrogen-bond donors (Lipinski definition) is 0. The lowest BCUT2D eigenvalue weighted by atomic mass is 10.1. The molecule has 0 atom stereocenters. The number of hydrogen-bond acceptors (Lipinski definition) is 4. The summed E-state index contributed by atoms with van der Waals surface area (Å²) in [6.07, 6.45) is 5.78. The Bertz CT molecular complexity index is 477. The van der Waals surface area contributed by atoms with Gasteiger partial charge in [-0.2, -0.15) is 0 Å². The molecular weight excluding hydrogens is 222 g/mol. The highest BCUT2D eigenvalue weighted by atomic mass is 16.6. The number of nitrogens with zero attached hydrogens (tertiary/aromatic N) is 1. The molecule has 5 nitrogen and oxygen atoms in total. The lowest BCUT2D eigenvalue weighted by Crippen LogP contribution is -1.92. The van der Waals surface area contributed by atoms with Crippen LogP contribution in [0.15, 0.2) is 42.5 Å². The number of carbonyl (C=O) groups excluding carboxylic acids is 1. The van der Waals surface area contributed by atoms with Gasteiger partial charge in [0.2, 0.25) is 0 Å². The van der Waals surface area contributed by atoms with Crippen molar-refractivity contribution in [2.75, 3.05) is 7.11 Å². The highest BCUT2D eigenvalue weighted by molar-refractivity contribution is 5.82. The minimum Gasteiger partial charge on any atom is -0.466 e. The minimum absolute atomic E-state index is 0.0234. The van der Waals surface area contributed by atoms with Crippen molar-refractivity contribution >= 4 is 17.7 Å². The first-order valence-electron chi connectivity index (χ1n) is 4.81. The third kappa shape index (κ3) is 3.90. The lowest BCUT2D eigenvalue weighted by Gasteiger charge is -1.95. The summed E-state index contributed by atoms with van der Waals surface area (Å²) in [6.45, 7) is 0. The van der Waals surface area contributed by atoms with Crippen LogP contribution in [0.1, 0.15) is 5.56 Å². The third-order valence-electron chi connectivity index (χ3n) is 1.95. The second kappa shape index (κ2) is 6.22. The largest absolute Gasteiger partial charge is 0.466 e. The maximum absolute atomic E-state index is 10.7. The van der Waals surface area contributed by atoms with Crippen LogP contribution in [0.3, 0.4) is 0 Å². The first kappa shape index (κ1) is 12.6. The van der Waals surface area contributed by atoms with E-state index >= 15 is 0 Å². The number of ether oxygens (including phenoxy) is 1. The van der Waals surface area contributed by atoms with Gasteiger partial charge in [-0.25, -0.2) is 4.79 Å². The summed E-state index contributed by atoms with van der Waals surface area (Å²) in [5.41, 5.74) is 0.502. The number of esters is 1. The maximum atomic E-state index is 10.7. The molecular formula is C12H11NO4. The monoisotopic (exact) mass is 233 g/mol. The van der Waals surface area contributed by atoms with Crippen molar-refractivity contribution in [1.29, 1.82) is 0 Å². The molecule has 1 aromatic rings. The molecule has 17 heavy (non-hydrogen) atoms. The second-order valence-corrected chi connectivity index (χ2v) is 3.06. The molecule has 1 rings (SSSR count). The van der Waals surface area contributed by atoms with E-state index in [1.54, 1.807) is 30.4 Å². The van der Waals surface area contributed by atoms with Gasteiger partial charge in [-0.3, -0.25) is 10.1 Å². The zero-order valence-corrected chi connectivity index (χ0v) is 9.20. The average Bonchev–Trinajstić information content (AvgIpc) is 2.34. The van der Waals surface area contributed by atoms with E-state index in [2.05, 4.69) is 4.74 Å². The van der Waals surface area contributed by atoms with E-state index in [-0.39, 0.29) is 5.69 Å². The van der Waals surface area contributed by atoms with Gasteiger partial charge in [0, 0.05) is 12.1 Å². The number of carbonyl (C=O) groups is 1. The van der Waals surface area contributed by atoms with Gasteiger partial charge in [0.05, 0.1) is 17.6 Å². The summed E-state index contributed by atoms with van der Waals surface area (Å²) in [5.74, 6) is -0.475. The van der Waals surface area contributed by atoms with Crippen LogP contribution in [0.4, 0.5) is 5.69 Å². The van der Waals surface area contributed by atoms with Crippen molar-refractivity contribution in [3.63, 3.8) is 0 Å². The summed E-state index contributed by atoms with van der Waals surface area (Å²) < 4.78 is 4.40. The maximum Gasteiger partial charge on any atom is 0.330 e. The number of allylic oxidation sites excluding steroid dienone is 2. The molecule has 0 aliphatic rings. The molecule has 5 heteroatoms. The van der Waals surface area contributed by atoms with Gasteiger partial charge in [-0.1, -0.05) is 24.3 Å². The molecule has 88 valence electrons. The van der Waals surface area contributed by atoms with Crippen molar-refractivity contribution in [3.8, 4) is 0 Å². The molecule has 0 aromatic heterocycles. The van der Waals surface area contributed by atoms with Crippen molar-refractivity contribution in [1.82, 2.24) is 0 Å². The zero-order valence-electron chi connectivity index (χ0n) is 9.20. The minimum atomic E-state index is -0.475. The molecule has 0 heterocycles. The average molecular weight is 233 g/mol. The molecule has 1 aromatic carbocycles. The Morgan fingerprint density at radius 3 is 2.71 bits per heavy atom. The predicted octanol–water partition coefficient (Wildman–Crippen LogP) is 2.34. The molecule has 0 saturated heterocycles. The Kier molecular flexibility index (Phi) is 4.62. The van der Waals surface area contributed by atoms with Gasteiger partial charge < -0.3 is 4.74 Å². The first-order chi connectivity index (χ1) is 8.15. The summed E-state index contributed by atoms with van der Waals surface area (Å²) in [6, 6.07) is 6.35. The van der Waals surface area contributed by atoms with E-state index in [0.29, 0.717) is 5.56 Å². The number of rotatable bonds is 4. The van der Waals surface area contributed by atoms with Crippen LogP contribution in [-0.4, -0.2) is 18.0 Å². The van der Waals surface area contributed by atoms with Crippen LogP contribution < -0.4 is 0 Å². The van der Waals surface area contributed by atoms with Crippen molar-refractivity contribution in [3.05, 3.63) is 58.2 Å². The lowest BCUT2D eigenvalue weighted by molar-refractivity contribution is -0.385. The van der Waals surface area contributed by atoms with E-state index in [9.17, 15) is 14.9 Å². The molecule has 0 unspecified atom stereocenters. The smallest absolute Gasteiger partial charge is 0.330 e. The third-order valence-corrected chi connectivity index (χ3v) is 1.95. The van der Waals surface area contributed by atoms with Crippen LogP contribution in [0.25, 0.3) is 6.08 Å². The fourth-order valence-electron chi connectivity index (χ4n) is 1.16. The summed E-state index contributed by atoms with van der Waals surface area (Å²) in [5, 5.41) is 10.7. The first-order valence-corrected chi connectivity index (χ1v) is 4.81. The summed E-state index contributed by atoms with van der Waals surface area (Å²) in [4.78, 5) is 21.0.